The van der Waals surface area contributed by atoms with Crippen LogP contribution < -0.4 is 5.32 Å². The maximum absolute atomic E-state index is 11.4. The summed E-state index contributed by atoms with van der Waals surface area (Å²) in [5, 5.41) is 2.93. The second-order valence-electron chi connectivity index (χ2n) is 4.46. The molecule has 2 fully saturated rings. The molecule has 1 saturated heterocycles. The van der Waals surface area contributed by atoms with Crippen molar-refractivity contribution in [1.82, 2.24) is 10.2 Å². The number of likely N-dealkylation sites (tertiary alicyclic amines) is 1. The van der Waals surface area contributed by atoms with Crippen LogP contribution in [-0.2, 0) is 14.3 Å². The zero-order valence-corrected chi connectivity index (χ0v) is 9.57. The van der Waals surface area contributed by atoms with E-state index in [0.717, 1.165) is 25.8 Å². The summed E-state index contributed by atoms with van der Waals surface area (Å²) in [6.45, 7) is 1.54. The second kappa shape index (κ2) is 4.82. The molecule has 1 saturated carbocycles. The van der Waals surface area contributed by atoms with Gasteiger partial charge in [-0.15, -0.1) is 0 Å². The van der Waals surface area contributed by atoms with Crippen LogP contribution in [0, 0.1) is 0 Å². The van der Waals surface area contributed by atoms with Gasteiger partial charge in [-0.25, -0.2) is 0 Å². The average Bonchev–Trinajstić information content (AvgIpc) is 3.00. The number of carbonyl (C=O) groups excluding carboxylic acids is 2. The number of hydrogen-bond acceptors (Lipinski definition) is 4. The van der Waals surface area contributed by atoms with Crippen molar-refractivity contribution in [2.75, 3.05) is 20.2 Å². The molecular weight excluding hydrogens is 208 g/mol. The number of rotatable bonds is 5. The Balaban J connectivity index is 1.65. The molecule has 5 heteroatoms. The number of methoxy groups -OCH3 is 1. The van der Waals surface area contributed by atoms with Crippen molar-refractivity contribution < 1.29 is 14.3 Å². The predicted molar refractivity (Wildman–Crippen MR) is 57.8 cm³/mol. The lowest BCUT2D eigenvalue weighted by molar-refractivity contribution is -0.152. The smallest absolute Gasteiger partial charge is 0.323 e. The number of nitrogens with one attached hydrogen (secondary N) is 1. The summed E-state index contributed by atoms with van der Waals surface area (Å²) < 4.78 is 4.68. The molecule has 2 rings (SSSR count). The fraction of sp³-hybridized carbons (Fsp3) is 0.818. The van der Waals surface area contributed by atoms with Gasteiger partial charge < -0.3 is 10.1 Å². The molecule has 1 atom stereocenters. The van der Waals surface area contributed by atoms with Gasteiger partial charge in [-0.3, -0.25) is 14.5 Å². The van der Waals surface area contributed by atoms with Gasteiger partial charge in [0, 0.05) is 25.6 Å². The third kappa shape index (κ3) is 2.72. The molecule has 0 bridgehead atoms. The maximum Gasteiger partial charge on any atom is 0.323 e. The summed E-state index contributed by atoms with van der Waals surface area (Å²) in [5.41, 5.74) is 0. The molecule has 90 valence electrons. The first-order valence-corrected chi connectivity index (χ1v) is 5.82. The van der Waals surface area contributed by atoms with E-state index in [9.17, 15) is 9.59 Å². The average molecular weight is 226 g/mol. The third-order valence-corrected chi connectivity index (χ3v) is 3.17. The van der Waals surface area contributed by atoms with E-state index in [1.54, 1.807) is 0 Å². The van der Waals surface area contributed by atoms with Crippen LogP contribution in [0.4, 0.5) is 0 Å². The number of carbonyl (C=O) groups is 2. The lowest BCUT2D eigenvalue weighted by Gasteiger charge is -2.38. The summed E-state index contributed by atoms with van der Waals surface area (Å²) >= 11 is 0. The van der Waals surface area contributed by atoms with Crippen molar-refractivity contribution in [3.63, 3.8) is 0 Å². The van der Waals surface area contributed by atoms with Crippen LogP contribution in [0.1, 0.15) is 25.7 Å². The predicted octanol–water partition coefficient (Wildman–Crippen LogP) is -0.0976. The summed E-state index contributed by atoms with van der Waals surface area (Å²) in [5.74, 6) is -0.0909. The van der Waals surface area contributed by atoms with Crippen molar-refractivity contribution in [2.45, 2.75) is 37.8 Å². The molecule has 0 spiro atoms. The topological polar surface area (TPSA) is 58.6 Å². The van der Waals surface area contributed by atoms with Crippen molar-refractivity contribution in [2.24, 2.45) is 0 Å². The van der Waals surface area contributed by atoms with E-state index in [-0.39, 0.29) is 17.9 Å². The molecular formula is C11H18N2O3. The molecule has 5 nitrogen and oxygen atoms in total. The molecule has 0 aromatic carbocycles. The highest BCUT2D eigenvalue weighted by Gasteiger charge is 2.35. The Labute approximate surface area is 95.1 Å². The monoisotopic (exact) mass is 226 g/mol. The Morgan fingerprint density at radius 3 is 2.62 bits per heavy atom. The van der Waals surface area contributed by atoms with Gasteiger partial charge in [-0.2, -0.15) is 0 Å². The van der Waals surface area contributed by atoms with Crippen molar-refractivity contribution in [3.05, 3.63) is 0 Å². The van der Waals surface area contributed by atoms with Crippen LogP contribution in [0.5, 0.6) is 0 Å². The SMILES string of the molecule is COC(=O)C1CCN1CCC(=O)NC1CC1. The van der Waals surface area contributed by atoms with E-state index in [0.29, 0.717) is 19.0 Å². The van der Waals surface area contributed by atoms with E-state index >= 15 is 0 Å². The number of hydrogen-bond donors (Lipinski definition) is 1. The number of ether oxygens (including phenoxy) is 1. The van der Waals surface area contributed by atoms with Crippen LogP contribution in [0.2, 0.25) is 0 Å². The maximum atomic E-state index is 11.4. The minimum absolute atomic E-state index is 0.0954. The van der Waals surface area contributed by atoms with Crippen LogP contribution >= 0.6 is 0 Å². The van der Waals surface area contributed by atoms with Gasteiger partial charge in [0.25, 0.3) is 0 Å². The van der Waals surface area contributed by atoms with Gasteiger partial charge in [0.05, 0.1) is 7.11 Å². The molecule has 2 aliphatic rings. The zero-order chi connectivity index (χ0) is 11.5. The molecule has 1 unspecified atom stereocenters. The number of esters is 1. The Kier molecular flexibility index (Phi) is 3.43. The van der Waals surface area contributed by atoms with Crippen molar-refractivity contribution >= 4 is 11.9 Å². The van der Waals surface area contributed by atoms with Gasteiger partial charge in [0.15, 0.2) is 0 Å². The highest BCUT2D eigenvalue weighted by molar-refractivity contribution is 5.78. The molecule has 0 radical (unpaired) electrons. The Bertz CT molecular complexity index is 289. The minimum Gasteiger partial charge on any atom is -0.468 e. The lowest BCUT2D eigenvalue weighted by atomic mass is 10.0. The summed E-state index contributed by atoms with van der Waals surface area (Å²) in [7, 11) is 1.40. The van der Waals surface area contributed by atoms with Crippen LogP contribution in [0.25, 0.3) is 0 Å². The summed E-state index contributed by atoms with van der Waals surface area (Å²) in [6, 6.07) is 0.291. The molecule has 1 aliphatic carbocycles. The Hall–Kier alpha value is -1.10. The van der Waals surface area contributed by atoms with Crippen molar-refractivity contribution in [1.29, 1.82) is 0 Å². The van der Waals surface area contributed by atoms with E-state index in [1.165, 1.54) is 7.11 Å². The van der Waals surface area contributed by atoms with Crippen LogP contribution in [0.15, 0.2) is 0 Å². The molecule has 1 heterocycles. The first kappa shape index (κ1) is 11.4. The third-order valence-electron chi connectivity index (χ3n) is 3.17. The zero-order valence-electron chi connectivity index (χ0n) is 9.57. The van der Waals surface area contributed by atoms with E-state index in [2.05, 4.69) is 10.1 Å². The van der Waals surface area contributed by atoms with Gasteiger partial charge >= 0.3 is 5.97 Å². The molecule has 16 heavy (non-hydrogen) atoms. The normalized spacial score (nSPS) is 24.7. The van der Waals surface area contributed by atoms with E-state index in [1.807, 2.05) is 4.90 Å². The van der Waals surface area contributed by atoms with Crippen LogP contribution in [0.3, 0.4) is 0 Å². The van der Waals surface area contributed by atoms with Crippen molar-refractivity contribution in [3.8, 4) is 0 Å². The summed E-state index contributed by atoms with van der Waals surface area (Å²) in [4.78, 5) is 24.7. The van der Waals surface area contributed by atoms with E-state index < -0.39 is 0 Å². The summed E-state index contributed by atoms with van der Waals surface area (Å²) in [6.07, 6.45) is 3.54. The molecule has 1 amide bonds. The fourth-order valence-corrected chi connectivity index (χ4v) is 1.88. The number of nitrogens with zero attached hydrogens (tertiary/aromatic N) is 1. The van der Waals surface area contributed by atoms with E-state index in [4.69, 9.17) is 0 Å². The van der Waals surface area contributed by atoms with Gasteiger partial charge in [0.2, 0.25) is 5.91 Å². The molecule has 0 aromatic rings. The Morgan fingerprint density at radius 1 is 1.38 bits per heavy atom. The first-order valence-electron chi connectivity index (χ1n) is 5.82. The first-order chi connectivity index (χ1) is 7.70. The minimum atomic E-state index is -0.186. The highest BCUT2D eigenvalue weighted by atomic mass is 16.5. The fourth-order valence-electron chi connectivity index (χ4n) is 1.88. The largest absolute Gasteiger partial charge is 0.468 e. The molecule has 1 N–H and O–H groups in total. The molecule has 1 aliphatic heterocycles. The number of amides is 1. The quantitative estimate of drug-likeness (QED) is 0.665. The molecule has 0 aromatic heterocycles. The van der Waals surface area contributed by atoms with Gasteiger partial charge in [-0.05, 0) is 19.3 Å². The standard InChI is InChI=1S/C11H18N2O3/c1-16-11(15)9-4-6-13(9)7-5-10(14)12-8-2-3-8/h8-9H,2-7H2,1H3,(H,12,14). The van der Waals surface area contributed by atoms with Crippen LogP contribution in [-0.4, -0.2) is 49.1 Å². The Morgan fingerprint density at radius 2 is 2.12 bits per heavy atom. The lowest BCUT2D eigenvalue weighted by Crippen LogP contribution is -2.53. The van der Waals surface area contributed by atoms with Gasteiger partial charge in [-0.1, -0.05) is 0 Å². The van der Waals surface area contributed by atoms with Gasteiger partial charge in [0.1, 0.15) is 6.04 Å². The second-order valence-corrected chi connectivity index (χ2v) is 4.46. The highest BCUT2D eigenvalue weighted by Crippen LogP contribution is 2.20.